The van der Waals surface area contributed by atoms with Crippen LogP contribution >= 0.6 is 0 Å². The van der Waals surface area contributed by atoms with E-state index in [0.29, 0.717) is 26.1 Å². The topological polar surface area (TPSA) is 49.2 Å². The molecule has 4 nitrogen and oxygen atoms in total. The molecule has 1 aromatic rings. The highest BCUT2D eigenvalue weighted by atomic mass is 19.1. The second kappa shape index (κ2) is 4.68. The van der Waals surface area contributed by atoms with Crippen molar-refractivity contribution in [3.8, 4) is 6.07 Å². The van der Waals surface area contributed by atoms with Crippen LogP contribution in [-0.4, -0.2) is 30.8 Å². The highest BCUT2D eigenvalue weighted by molar-refractivity contribution is 5.45. The van der Waals surface area contributed by atoms with Crippen molar-refractivity contribution in [1.82, 2.24) is 4.98 Å². The first-order chi connectivity index (χ1) is 8.19. The third-order valence-electron chi connectivity index (χ3n) is 3.23. The van der Waals surface area contributed by atoms with E-state index in [-0.39, 0.29) is 5.82 Å². The third kappa shape index (κ3) is 2.08. The molecule has 0 N–H and O–H groups in total. The van der Waals surface area contributed by atoms with Crippen LogP contribution < -0.4 is 4.90 Å². The SMILES string of the molecule is CN(c1ncccc1F)C1(C#N)CCOCC1. The predicted molar refractivity (Wildman–Crippen MR) is 61.0 cm³/mol. The Hall–Kier alpha value is -1.67. The smallest absolute Gasteiger partial charge is 0.165 e. The number of nitriles is 1. The first-order valence-corrected chi connectivity index (χ1v) is 5.53. The van der Waals surface area contributed by atoms with E-state index in [1.54, 1.807) is 11.9 Å². The zero-order chi connectivity index (χ0) is 12.3. The van der Waals surface area contributed by atoms with Gasteiger partial charge in [-0.2, -0.15) is 5.26 Å². The van der Waals surface area contributed by atoms with Gasteiger partial charge in [0.2, 0.25) is 0 Å². The minimum absolute atomic E-state index is 0.218. The number of aromatic nitrogens is 1. The maximum atomic E-state index is 13.7. The van der Waals surface area contributed by atoms with Gasteiger partial charge in [0.15, 0.2) is 11.6 Å². The number of anilines is 1. The van der Waals surface area contributed by atoms with Crippen LogP contribution in [0.15, 0.2) is 18.3 Å². The number of hydrogen-bond acceptors (Lipinski definition) is 4. The molecule has 1 fully saturated rings. The number of hydrogen-bond donors (Lipinski definition) is 0. The molecule has 2 heterocycles. The number of nitrogens with zero attached hydrogens (tertiary/aromatic N) is 3. The average molecular weight is 235 g/mol. The zero-order valence-corrected chi connectivity index (χ0v) is 9.69. The summed E-state index contributed by atoms with van der Waals surface area (Å²) >= 11 is 0. The summed E-state index contributed by atoms with van der Waals surface area (Å²) in [6, 6.07) is 5.17. The van der Waals surface area contributed by atoms with Crippen molar-refractivity contribution in [2.45, 2.75) is 18.4 Å². The lowest BCUT2D eigenvalue weighted by Crippen LogP contribution is -2.50. The van der Waals surface area contributed by atoms with Crippen molar-refractivity contribution >= 4 is 5.82 Å². The maximum Gasteiger partial charge on any atom is 0.165 e. The lowest BCUT2D eigenvalue weighted by Gasteiger charge is -2.39. The molecule has 1 saturated heterocycles. The molecule has 0 spiro atoms. The van der Waals surface area contributed by atoms with Gasteiger partial charge >= 0.3 is 0 Å². The van der Waals surface area contributed by atoms with E-state index >= 15 is 0 Å². The molecular weight excluding hydrogens is 221 g/mol. The summed E-state index contributed by atoms with van der Waals surface area (Å²) < 4.78 is 18.9. The Balaban J connectivity index is 2.32. The molecule has 0 radical (unpaired) electrons. The van der Waals surface area contributed by atoms with E-state index in [1.807, 2.05) is 0 Å². The molecule has 2 rings (SSSR count). The minimum atomic E-state index is -0.715. The Kier molecular flexibility index (Phi) is 3.25. The fourth-order valence-corrected chi connectivity index (χ4v) is 2.06. The van der Waals surface area contributed by atoms with Crippen LogP contribution in [-0.2, 0) is 4.74 Å². The highest BCUT2D eigenvalue weighted by Gasteiger charge is 2.38. The summed E-state index contributed by atoms with van der Waals surface area (Å²) in [4.78, 5) is 5.64. The summed E-state index contributed by atoms with van der Waals surface area (Å²) in [5, 5.41) is 9.37. The summed E-state index contributed by atoms with van der Waals surface area (Å²) in [5.41, 5.74) is -0.715. The summed E-state index contributed by atoms with van der Waals surface area (Å²) in [6.45, 7) is 1.04. The molecule has 1 aliphatic heterocycles. The van der Waals surface area contributed by atoms with Gasteiger partial charge in [-0.3, -0.25) is 0 Å². The van der Waals surface area contributed by atoms with Crippen LogP contribution in [0, 0.1) is 17.1 Å². The Bertz CT molecular complexity index is 438. The minimum Gasteiger partial charge on any atom is -0.381 e. The largest absolute Gasteiger partial charge is 0.381 e. The molecule has 5 heteroatoms. The molecule has 0 unspecified atom stereocenters. The van der Waals surface area contributed by atoms with Gasteiger partial charge in [-0.15, -0.1) is 0 Å². The Labute approximate surface area is 99.6 Å². The molecular formula is C12H14FN3O. The van der Waals surface area contributed by atoms with Crippen molar-refractivity contribution in [2.24, 2.45) is 0 Å². The van der Waals surface area contributed by atoms with Gasteiger partial charge in [-0.05, 0) is 12.1 Å². The van der Waals surface area contributed by atoms with E-state index in [1.165, 1.54) is 18.3 Å². The Morgan fingerprint density at radius 2 is 2.24 bits per heavy atom. The molecule has 1 aromatic heterocycles. The molecule has 0 amide bonds. The molecule has 0 atom stereocenters. The lowest BCUT2D eigenvalue weighted by molar-refractivity contribution is 0.0680. The van der Waals surface area contributed by atoms with Crippen LogP contribution in [0.1, 0.15) is 12.8 Å². The van der Waals surface area contributed by atoms with Crippen molar-refractivity contribution in [3.63, 3.8) is 0 Å². The van der Waals surface area contributed by atoms with Crippen LogP contribution in [0.25, 0.3) is 0 Å². The van der Waals surface area contributed by atoms with E-state index in [9.17, 15) is 9.65 Å². The summed E-state index contributed by atoms with van der Waals surface area (Å²) in [5.74, 6) is -0.188. The van der Waals surface area contributed by atoms with Crippen LogP contribution in [0.3, 0.4) is 0 Å². The van der Waals surface area contributed by atoms with Gasteiger partial charge in [0.25, 0.3) is 0 Å². The standard InChI is InChI=1S/C12H14FN3O/c1-16(11-10(13)3-2-6-15-11)12(9-14)4-7-17-8-5-12/h2-3,6H,4-5,7-8H2,1H3. The molecule has 0 aliphatic carbocycles. The molecule has 90 valence electrons. The highest BCUT2D eigenvalue weighted by Crippen LogP contribution is 2.30. The lowest BCUT2D eigenvalue weighted by atomic mass is 9.90. The maximum absolute atomic E-state index is 13.7. The van der Waals surface area contributed by atoms with Crippen molar-refractivity contribution < 1.29 is 9.13 Å². The van der Waals surface area contributed by atoms with Crippen LogP contribution in [0.4, 0.5) is 10.2 Å². The van der Waals surface area contributed by atoms with Gasteiger partial charge in [0.1, 0.15) is 5.54 Å². The van der Waals surface area contributed by atoms with Gasteiger partial charge in [-0.25, -0.2) is 9.37 Å². The predicted octanol–water partition coefficient (Wildman–Crippen LogP) is 1.73. The molecule has 0 bridgehead atoms. The van der Waals surface area contributed by atoms with Gasteiger partial charge < -0.3 is 9.64 Å². The second-order valence-electron chi connectivity index (χ2n) is 4.12. The van der Waals surface area contributed by atoms with Crippen LogP contribution in [0.5, 0.6) is 0 Å². The Morgan fingerprint density at radius 3 is 2.82 bits per heavy atom. The average Bonchev–Trinajstić information content (AvgIpc) is 2.39. The number of rotatable bonds is 2. The summed E-state index contributed by atoms with van der Waals surface area (Å²) in [6.07, 6.45) is 2.66. The fourth-order valence-electron chi connectivity index (χ4n) is 2.06. The van der Waals surface area contributed by atoms with Gasteiger partial charge in [0.05, 0.1) is 6.07 Å². The number of pyridine rings is 1. The molecule has 0 aromatic carbocycles. The molecule has 0 saturated carbocycles. The number of halogens is 1. The fraction of sp³-hybridized carbons (Fsp3) is 0.500. The first kappa shape index (κ1) is 11.8. The molecule has 1 aliphatic rings. The second-order valence-corrected chi connectivity index (χ2v) is 4.12. The monoisotopic (exact) mass is 235 g/mol. The van der Waals surface area contributed by atoms with Gasteiger partial charge in [0, 0.05) is 39.3 Å². The first-order valence-electron chi connectivity index (χ1n) is 5.53. The Morgan fingerprint density at radius 1 is 1.53 bits per heavy atom. The quantitative estimate of drug-likeness (QED) is 0.783. The zero-order valence-electron chi connectivity index (χ0n) is 9.69. The third-order valence-corrected chi connectivity index (χ3v) is 3.23. The van der Waals surface area contributed by atoms with Crippen molar-refractivity contribution in [3.05, 3.63) is 24.1 Å². The summed E-state index contributed by atoms with van der Waals surface area (Å²) in [7, 11) is 1.71. The van der Waals surface area contributed by atoms with Crippen molar-refractivity contribution in [2.75, 3.05) is 25.2 Å². The van der Waals surface area contributed by atoms with Crippen LogP contribution in [0.2, 0.25) is 0 Å². The van der Waals surface area contributed by atoms with E-state index in [4.69, 9.17) is 4.74 Å². The van der Waals surface area contributed by atoms with Crippen molar-refractivity contribution in [1.29, 1.82) is 5.26 Å². The van der Waals surface area contributed by atoms with E-state index in [2.05, 4.69) is 11.1 Å². The van der Waals surface area contributed by atoms with E-state index in [0.717, 1.165) is 0 Å². The van der Waals surface area contributed by atoms with E-state index < -0.39 is 11.4 Å². The number of ether oxygens (including phenoxy) is 1. The van der Waals surface area contributed by atoms with Gasteiger partial charge in [-0.1, -0.05) is 0 Å². The normalized spacial score (nSPS) is 18.4. The molecule has 17 heavy (non-hydrogen) atoms.